The molecule has 0 saturated heterocycles. The molecule has 0 radical (unpaired) electrons. The highest BCUT2D eigenvalue weighted by Gasteiger charge is 2.04. The Morgan fingerprint density at radius 3 is 2.77 bits per heavy atom. The van der Waals surface area contributed by atoms with Gasteiger partial charge in [-0.1, -0.05) is 6.07 Å². The van der Waals surface area contributed by atoms with E-state index < -0.39 is 0 Å². The second-order valence-electron chi connectivity index (χ2n) is 2.63. The minimum Gasteiger partial charge on any atom is -0.493 e. The van der Waals surface area contributed by atoms with Crippen molar-refractivity contribution in [1.29, 1.82) is 0 Å². The van der Waals surface area contributed by atoms with Crippen LogP contribution in [0.1, 0.15) is 24.2 Å². The zero-order chi connectivity index (χ0) is 9.84. The van der Waals surface area contributed by atoms with Crippen molar-refractivity contribution in [3.05, 3.63) is 27.3 Å². The van der Waals surface area contributed by atoms with Gasteiger partial charge in [0.2, 0.25) is 0 Å². The number of benzene rings is 1. The average Bonchev–Trinajstić information content (AvgIpc) is 2.08. The number of rotatable bonds is 3. The number of hydrogen-bond donors (Lipinski definition) is 0. The number of carbonyl (C=O) groups excluding carboxylic acids is 1. The van der Waals surface area contributed by atoms with Crippen molar-refractivity contribution in [2.45, 2.75) is 13.8 Å². The van der Waals surface area contributed by atoms with Gasteiger partial charge in [0.1, 0.15) is 5.75 Å². The molecule has 1 aromatic rings. The van der Waals surface area contributed by atoms with Gasteiger partial charge in [0.05, 0.1) is 10.2 Å². The highest BCUT2D eigenvalue weighted by atomic mass is 127. The zero-order valence-corrected chi connectivity index (χ0v) is 9.79. The Bertz CT molecular complexity index is 321. The van der Waals surface area contributed by atoms with Crippen LogP contribution in [0.25, 0.3) is 0 Å². The fraction of sp³-hybridized carbons (Fsp3) is 0.300. The second-order valence-corrected chi connectivity index (χ2v) is 3.80. The molecule has 0 aliphatic rings. The maximum absolute atomic E-state index is 11.1. The summed E-state index contributed by atoms with van der Waals surface area (Å²) < 4.78 is 6.40. The molecule has 0 aliphatic carbocycles. The maximum Gasteiger partial charge on any atom is 0.159 e. The molecular weight excluding hydrogens is 279 g/mol. The summed E-state index contributed by atoms with van der Waals surface area (Å²) in [7, 11) is 0. The molecular formula is C10H11IO2. The summed E-state index contributed by atoms with van der Waals surface area (Å²) in [5.41, 5.74) is 0.698. The average molecular weight is 290 g/mol. The Labute approximate surface area is 91.4 Å². The lowest BCUT2D eigenvalue weighted by molar-refractivity contribution is 0.101. The highest BCUT2D eigenvalue weighted by molar-refractivity contribution is 14.1. The molecule has 3 heteroatoms. The van der Waals surface area contributed by atoms with Crippen molar-refractivity contribution in [2.75, 3.05) is 6.61 Å². The fourth-order valence-corrected chi connectivity index (χ4v) is 1.48. The number of hydrogen-bond acceptors (Lipinski definition) is 2. The second kappa shape index (κ2) is 4.60. The van der Waals surface area contributed by atoms with Crippen LogP contribution in [-0.4, -0.2) is 12.4 Å². The Kier molecular flexibility index (Phi) is 3.71. The van der Waals surface area contributed by atoms with Gasteiger partial charge < -0.3 is 4.74 Å². The SMILES string of the molecule is CCOc1cc(C(C)=O)ccc1I. The number of carbonyl (C=O) groups is 1. The van der Waals surface area contributed by atoms with E-state index >= 15 is 0 Å². The largest absolute Gasteiger partial charge is 0.493 e. The quantitative estimate of drug-likeness (QED) is 0.632. The monoisotopic (exact) mass is 290 g/mol. The van der Waals surface area contributed by atoms with Crippen LogP contribution >= 0.6 is 22.6 Å². The van der Waals surface area contributed by atoms with Gasteiger partial charge in [-0.15, -0.1) is 0 Å². The van der Waals surface area contributed by atoms with Crippen molar-refractivity contribution in [3.8, 4) is 5.75 Å². The van der Waals surface area contributed by atoms with Gasteiger partial charge in [0.25, 0.3) is 0 Å². The fourth-order valence-electron chi connectivity index (χ4n) is 0.988. The zero-order valence-electron chi connectivity index (χ0n) is 7.63. The van der Waals surface area contributed by atoms with Gasteiger partial charge in [-0.3, -0.25) is 4.79 Å². The van der Waals surface area contributed by atoms with Crippen LogP contribution in [0.2, 0.25) is 0 Å². The standard InChI is InChI=1S/C10H11IO2/c1-3-13-10-6-8(7(2)12)4-5-9(10)11/h4-6H,3H2,1-2H3. The van der Waals surface area contributed by atoms with E-state index in [1.54, 1.807) is 13.0 Å². The van der Waals surface area contributed by atoms with Gasteiger partial charge in [-0.25, -0.2) is 0 Å². The number of ether oxygens (including phenoxy) is 1. The van der Waals surface area contributed by atoms with Crippen LogP contribution < -0.4 is 4.74 Å². The van der Waals surface area contributed by atoms with Gasteiger partial charge in [-0.2, -0.15) is 0 Å². The number of ketones is 1. The lowest BCUT2D eigenvalue weighted by Crippen LogP contribution is -1.97. The van der Waals surface area contributed by atoms with Crippen molar-refractivity contribution in [1.82, 2.24) is 0 Å². The van der Waals surface area contributed by atoms with Gasteiger partial charge in [0.15, 0.2) is 5.78 Å². The molecule has 0 bridgehead atoms. The Morgan fingerprint density at radius 1 is 1.54 bits per heavy atom. The molecule has 2 nitrogen and oxygen atoms in total. The summed E-state index contributed by atoms with van der Waals surface area (Å²) in [5, 5.41) is 0. The summed E-state index contributed by atoms with van der Waals surface area (Å²) in [6.07, 6.45) is 0. The normalized spacial score (nSPS) is 9.77. The van der Waals surface area contributed by atoms with Gasteiger partial charge in [-0.05, 0) is 48.6 Å². The van der Waals surface area contributed by atoms with E-state index in [1.807, 2.05) is 19.1 Å². The van der Waals surface area contributed by atoms with Crippen molar-refractivity contribution >= 4 is 28.4 Å². The van der Waals surface area contributed by atoms with Crippen LogP contribution in [0, 0.1) is 3.57 Å². The van der Waals surface area contributed by atoms with E-state index in [0.29, 0.717) is 12.2 Å². The van der Waals surface area contributed by atoms with E-state index in [9.17, 15) is 4.79 Å². The van der Waals surface area contributed by atoms with E-state index in [4.69, 9.17) is 4.74 Å². The van der Waals surface area contributed by atoms with Crippen LogP contribution in [-0.2, 0) is 0 Å². The third kappa shape index (κ3) is 2.69. The molecule has 0 atom stereocenters. The predicted octanol–water partition coefficient (Wildman–Crippen LogP) is 2.89. The molecule has 0 aliphatic heterocycles. The van der Waals surface area contributed by atoms with E-state index in [2.05, 4.69) is 22.6 Å². The van der Waals surface area contributed by atoms with Crippen LogP contribution in [0.5, 0.6) is 5.75 Å². The molecule has 0 aromatic heterocycles. The third-order valence-corrected chi connectivity index (χ3v) is 2.53. The lowest BCUT2D eigenvalue weighted by atomic mass is 10.1. The molecule has 0 heterocycles. The van der Waals surface area contributed by atoms with Crippen LogP contribution in [0.3, 0.4) is 0 Å². The number of halogens is 1. The first-order valence-electron chi connectivity index (χ1n) is 4.08. The first-order chi connectivity index (χ1) is 6.15. The van der Waals surface area contributed by atoms with Crippen LogP contribution in [0.4, 0.5) is 0 Å². The van der Waals surface area contributed by atoms with Crippen molar-refractivity contribution in [2.24, 2.45) is 0 Å². The summed E-state index contributed by atoms with van der Waals surface area (Å²) in [6.45, 7) is 4.10. The van der Waals surface area contributed by atoms with Gasteiger partial charge in [0, 0.05) is 5.56 Å². The van der Waals surface area contributed by atoms with Crippen molar-refractivity contribution in [3.63, 3.8) is 0 Å². The molecule has 0 N–H and O–H groups in total. The minimum atomic E-state index is 0.0670. The van der Waals surface area contributed by atoms with E-state index in [0.717, 1.165) is 9.32 Å². The molecule has 0 unspecified atom stereocenters. The van der Waals surface area contributed by atoms with E-state index in [-0.39, 0.29) is 5.78 Å². The van der Waals surface area contributed by atoms with Crippen molar-refractivity contribution < 1.29 is 9.53 Å². The van der Waals surface area contributed by atoms with E-state index in [1.165, 1.54) is 0 Å². The molecule has 0 spiro atoms. The Hall–Kier alpha value is -0.580. The number of Topliss-reactive ketones (excluding diaryl/α,β-unsaturated/α-hetero) is 1. The molecule has 0 saturated carbocycles. The molecule has 70 valence electrons. The van der Waals surface area contributed by atoms with Gasteiger partial charge >= 0.3 is 0 Å². The molecule has 13 heavy (non-hydrogen) atoms. The minimum absolute atomic E-state index is 0.0670. The Morgan fingerprint density at radius 2 is 2.23 bits per heavy atom. The lowest BCUT2D eigenvalue weighted by Gasteiger charge is -2.06. The summed E-state index contributed by atoms with van der Waals surface area (Å²) >= 11 is 2.19. The molecule has 1 rings (SSSR count). The highest BCUT2D eigenvalue weighted by Crippen LogP contribution is 2.22. The Balaban J connectivity index is 3.03. The maximum atomic E-state index is 11.1. The topological polar surface area (TPSA) is 26.3 Å². The molecule has 1 aromatic carbocycles. The van der Waals surface area contributed by atoms with Crippen LogP contribution in [0.15, 0.2) is 18.2 Å². The predicted molar refractivity (Wildman–Crippen MR) is 60.3 cm³/mol. The summed E-state index contributed by atoms with van der Waals surface area (Å²) in [6, 6.07) is 5.49. The first-order valence-corrected chi connectivity index (χ1v) is 5.16. The first kappa shape index (κ1) is 10.5. The summed E-state index contributed by atoms with van der Waals surface area (Å²) in [5.74, 6) is 0.855. The third-order valence-electron chi connectivity index (χ3n) is 1.64. The summed E-state index contributed by atoms with van der Waals surface area (Å²) in [4.78, 5) is 11.1. The molecule has 0 amide bonds. The molecule has 0 fully saturated rings. The smallest absolute Gasteiger partial charge is 0.159 e.